The first-order chi connectivity index (χ1) is 29.9. The molecule has 2 bridgehead atoms. The summed E-state index contributed by atoms with van der Waals surface area (Å²) in [6.45, 7) is 11.2. The molecule has 1 aromatic rings. The van der Waals surface area contributed by atoms with Crippen LogP contribution in [0.15, 0.2) is 47.6 Å². The number of ketones is 2. The molecule has 1 aromatic carbocycles. The highest BCUT2D eigenvalue weighted by atomic mass is 16.7. The van der Waals surface area contributed by atoms with Gasteiger partial charge >= 0.3 is 5.97 Å². The lowest BCUT2D eigenvalue weighted by Crippen LogP contribution is -2.64. The fourth-order valence-electron chi connectivity index (χ4n) is 10.1. The van der Waals surface area contributed by atoms with Crippen LogP contribution in [0, 0.1) is 29.6 Å². The second-order valence-corrected chi connectivity index (χ2v) is 18.7. The maximum absolute atomic E-state index is 14.5. The van der Waals surface area contributed by atoms with E-state index in [1.165, 1.54) is 19.1 Å². The van der Waals surface area contributed by atoms with Gasteiger partial charge in [0, 0.05) is 51.0 Å². The molecule has 3 N–H and O–H groups in total. The lowest BCUT2D eigenvalue weighted by Gasteiger charge is -2.47. The molecule has 4 aliphatic rings. The number of cyclic esters (lactones) is 1. The van der Waals surface area contributed by atoms with E-state index in [1.54, 1.807) is 33.1 Å². The Morgan fingerprint density at radius 3 is 2.29 bits per heavy atom. The zero-order chi connectivity index (χ0) is 46.2. The van der Waals surface area contributed by atoms with Crippen LogP contribution in [0.1, 0.15) is 112 Å². The third kappa shape index (κ3) is 12.2. The molecule has 5 rings (SSSR count). The van der Waals surface area contributed by atoms with Gasteiger partial charge in [0.15, 0.2) is 0 Å². The van der Waals surface area contributed by atoms with Gasteiger partial charge in [-0.15, -0.1) is 0 Å². The maximum atomic E-state index is 14.5. The van der Waals surface area contributed by atoms with Crippen molar-refractivity contribution in [2.45, 2.75) is 167 Å². The molecule has 14 nitrogen and oxygen atoms in total. The quantitative estimate of drug-likeness (QED) is 0.159. The fourth-order valence-corrected chi connectivity index (χ4v) is 10.1. The Labute approximate surface area is 373 Å². The van der Waals surface area contributed by atoms with Gasteiger partial charge in [0.05, 0.1) is 31.5 Å². The molecular formula is C49H73NO13. The van der Waals surface area contributed by atoms with Gasteiger partial charge in [0.2, 0.25) is 5.79 Å². The van der Waals surface area contributed by atoms with Crippen LogP contribution in [0.5, 0.6) is 11.5 Å². The predicted molar refractivity (Wildman–Crippen MR) is 235 cm³/mol. The number of nitrogens with zero attached hydrogens (tertiary/aromatic N) is 1. The van der Waals surface area contributed by atoms with Crippen LogP contribution in [-0.2, 0) is 38.1 Å². The summed E-state index contributed by atoms with van der Waals surface area (Å²) >= 11 is 0. The van der Waals surface area contributed by atoms with Crippen molar-refractivity contribution in [3.05, 3.63) is 47.6 Å². The van der Waals surface area contributed by atoms with Gasteiger partial charge in [-0.2, -0.15) is 0 Å². The smallest absolute Gasteiger partial charge is 0.329 e. The number of hydrogen-bond donors (Lipinski definition) is 3. The number of ether oxygens (including phenoxy) is 6. The first-order valence-electron chi connectivity index (χ1n) is 23.0. The minimum atomic E-state index is -2.52. The Morgan fingerprint density at radius 2 is 1.60 bits per heavy atom. The summed E-state index contributed by atoms with van der Waals surface area (Å²) in [6, 6.07) is 6.02. The number of aliphatic hydroxyl groups excluding tert-OH is 2. The summed E-state index contributed by atoms with van der Waals surface area (Å²) in [5, 5.41) is 34.9. The molecule has 14 unspecified atom stereocenters. The van der Waals surface area contributed by atoms with Gasteiger partial charge < -0.3 is 48.6 Å². The lowest BCUT2D eigenvalue weighted by molar-refractivity contribution is -0.302. The molecule has 1 amide bonds. The SMILES string of the molecule is CCC1/C=C(\C)CC(C)CC(OC)C2OC(O)(C(=O)C(=O)N3CCCCC3C(=O)OC(C(C)=CC3CCC(O)C(Oc4cccc(OC)c4)C3)C(C)C(O)CC1=O)C(C)CC2OC. The van der Waals surface area contributed by atoms with Crippen molar-refractivity contribution >= 4 is 23.4 Å². The van der Waals surface area contributed by atoms with E-state index in [0.29, 0.717) is 68.4 Å². The monoisotopic (exact) mass is 884 g/mol. The van der Waals surface area contributed by atoms with Crippen LogP contribution in [0.2, 0.25) is 0 Å². The standard InChI is InChI=1S/C49H73NO13/c1-10-34-21-28(2)20-29(3)22-42(59-8)45-43(60-9)24-31(5)49(57,63-45)46(54)47(55)50-19-12-11-16-37(50)48(56)62-44(32(6)39(52)27-40(34)53)30(4)23-33-17-18-38(51)41(25-33)61-36-15-13-14-35(26-36)58-7/h13-15,21,23,26,29,31-34,37-39,41-45,51-52,57H,10-12,16-20,22,24-25,27H2,1-9H3/b28-21+,30-23?. The first-order valence-corrected chi connectivity index (χ1v) is 23.0. The van der Waals surface area contributed by atoms with E-state index in [4.69, 9.17) is 28.4 Å². The lowest BCUT2D eigenvalue weighted by atomic mass is 9.81. The number of allylic oxidation sites excluding steroid dienone is 3. The molecule has 14 atom stereocenters. The van der Waals surface area contributed by atoms with Crippen molar-refractivity contribution < 1.29 is 62.9 Å². The zero-order valence-electron chi connectivity index (χ0n) is 38.8. The molecular weight excluding hydrogens is 811 g/mol. The maximum Gasteiger partial charge on any atom is 0.329 e. The van der Waals surface area contributed by atoms with E-state index in [-0.39, 0.29) is 43.4 Å². The largest absolute Gasteiger partial charge is 0.497 e. The minimum Gasteiger partial charge on any atom is -0.497 e. The summed E-state index contributed by atoms with van der Waals surface area (Å²) in [7, 11) is 4.63. The number of esters is 1. The molecule has 3 fully saturated rings. The number of aliphatic hydroxyl groups is 3. The molecule has 352 valence electrons. The molecule has 0 aromatic heterocycles. The highest BCUT2D eigenvalue weighted by Gasteiger charge is 2.56. The van der Waals surface area contributed by atoms with Gasteiger partial charge in [0.1, 0.15) is 41.6 Å². The Hall–Kier alpha value is -3.66. The molecule has 0 radical (unpaired) electrons. The van der Waals surface area contributed by atoms with E-state index >= 15 is 0 Å². The number of rotatable bonds is 8. The van der Waals surface area contributed by atoms with E-state index < -0.39 is 90.0 Å². The average molecular weight is 884 g/mol. The molecule has 3 heterocycles. The number of methoxy groups -OCH3 is 3. The summed E-state index contributed by atoms with van der Waals surface area (Å²) in [4.78, 5) is 58.2. The van der Waals surface area contributed by atoms with Crippen LogP contribution in [0.3, 0.4) is 0 Å². The van der Waals surface area contributed by atoms with E-state index in [0.717, 1.165) is 5.57 Å². The second kappa shape index (κ2) is 22.5. The molecule has 1 saturated carbocycles. The number of carbonyl (C=O) groups excluding carboxylic acids is 4. The second-order valence-electron chi connectivity index (χ2n) is 18.7. The van der Waals surface area contributed by atoms with Crippen molar-refractivity contribution in [3.63, 3.8) is 0 Å². The van der Waals surface area contributed by atoms with Gasteiger partial charge in [0.25, 0.3) is 11.7 Å². The van der Waals surface area contributed by atoms with Gasteiger partial charge in [-0.3, -0.25) is 14.4 Å². The number of piperidine rings is 1. The topological polar surface area (TPSA) is 188 Å². The van der Waals surface area contributed by atoms with Crippen molar-refractivity contribution in [1.29, 1.82) is 0 Å². The first kappa shape index (κ1) is 50.3. The fraction of sp³-hybridized carbons (Fsp3) is 0.714. The van der Waals surface area contributed by atoms with Gasteiger partial charge in [-0.1, -0.05) is 51.5 Å². The summed E-state index contributed by atoms with van der Waals surface area (Å²) in [5.41, 5.74) is 1.62. The van der Waals surface area contributed by atoms with E-state index in [2.05, 4.69) is 0 Å². The van der Waals surface area contributed by atoms with Crippen molar-refractivity contribution in [2.75, 3.05) is 27.9 Å². The summed E-state index contributed by atoms with van der Waals surface area (Å²) < 4.78 is 36.0. The number of amides is 1. The Balaban J connectivity index is 1.50. The van der Waals surface area contributed by atoms with Gasteiger partial charge in [-0.05, 0) is 108 Å². The molecule has 14 heteroatoms. The minimum absolute atomic E-state index is 0.0216. The Bertz CT molecular complexity index is 1800. The number of Topliss-reactive ketones (excluding diaryl/α,β-unsaturated/α-hetero) is 2. The van der Waals surface area contributed by atoms with Crippen LogP contribution in [0.4, 0.5) is 0 Å². The number of carbonyl (C=O) groups is 4. The predicted octanol–water partition coefficient (Wildman–Crippen LogP) is 5.91. The highest BCUT2D eigenvalue weighted by Crippen LogP contribution is 2.39. The zero-order valence-corrected chi connectivity index (χ0v) is 38.8. The molecule has 1 aliphatic carbocycles. The van der Waals surface area contributed by atoms with Crippen LogP contribution >= 0.6 is 0 Å². The Kier molecular flexibility index (Phi) is 18.0. The van der Waals surface area contributed by atoms with Gasteiger partial charge in [-0.25, -0.2) is 4.79 Å². The number of fused-ring (bicyclic) bond motifs is 3. The average Bonchev–Trinajstić information content (AvgIpc) is 3.27. The normalized spacial score (nSPS) is 38.1. The molecule has 3 aliphatic heterocycles. The summed E-state index contributed by atoms with van der Waals surface area (Å²) in [6.07, 6.45) is 2.93. The third-order valence-corrected chi connectivity index (χ3v) is 13.9. The number of benzene rings is 1. The van der Waals surface area contributed by atoms with E-state index in [9.17, 15) is 34.5 Å². The van der Waals surface area contributed by atoms with Crippen molar-refractivity contribution in [2.24, 2.45) is 29.6 Å². The molecule has 2 saturated heterocycles. The number of hydrogen-bond acceptors (Lipinski definition) is 13. The van der Waals surface area contributed by atoms with Crippen molar-refractivity contribution in [3.8, 4) is 11.5 Å². The van der Waals surface area contributed by atoms with Crippen LogP contribution < -0.4 is 9.47 Å². The summed E-state index contributed by atoms with van der Waals surface area (Å²) in [5.74, 6) is -6.58. The Morgan fingerprint density at radius 1 is 0.905 bits per heavy atom. The van der Waals surface area contributed by atoms with E-state index in [1.807, 2.05) is 52.0 Å². The molecule has 0 spiro atoms. The third-order valence-electron chi connectivity index (χ3n) is 13.9. The van der Waals surface area contributed by atoms with Crippen molar-refractivity contribution in [1.82, 2.24) is 4.90 Å². The van der Waals surface area contributed by atoms with Crippen LogP contribution in [0.25, 0.3) is 0 Å². The highest BCUT2D eigenvalue weighted by molar-refractivity contribution is 6.39. The molecule has 63 heavy (non-hydrogen) atoms. The van der Waals surface area contributed by atoms with Crippen LogP contribution in [-0.4, -0.2) is 126 Å².